The van der Waals surface area contributed by atoms with E-state index >= 15 is 0 Å². The van der Waals surface area contributed by atoms with Gasteiger partial charge in [0.15, 0.2) is 11.6 Å². The Bertz CT molecular complexity index is 1110. The first kappa shape index (κ1) is 22.6. The van der Waals surface area contributed by atoms with E-state index in [9.17, 15) is 18.4 Å². The molecule has 0 saturated carbocycles. The van der Waals surface area contributed by atoms with Gasteiger partial charge >= 0.3 is 5.97 Å². The molecule has 0 N–H and O–H groups in total. The van der Waals surface area contributed by atoms with Gasteiger partial charge in [0, 0.05) is 13.0 Å². The maximum absolute atomic E-state index is 13.8. The van der Waals surface area contributed by atoms with Crippen LogP contribution in [0.4, 0.5) is 8.78 Å². The Labute approximate surface area is 190 Å². The highest BCUT2D eigenvalue weighted by Crippen LogP contribution is 2.29. The van der Waals surface area contributed by atoms with Crippen molar-refractivity contribution in [2.24, 2.45) is 0 Å². The van der Waals surface area contributed by atoms with E-state index in [2.05, 4.69) is 0 Å². The zero-order valence-corrected chi connectivity index (χ0v) is 17.8. The van der Waals surface area contributed by atoms with Crippen LogP contribution in [0.3, 0.4) is 0 Å². The molecule has 4 rings (SSSR count). The van der Waals surface area contributed by atoms with Gasteiger partial charge in [0.2, 0.25) is 0 Å². The van der Waals surface area contributed by atoms with E-state index in [-0.39, 0.29) is 25.5 Å². The standard InChI is InChI=1S/C26H23F2NO4/c27-21-12-11-20(15-22(21)28)24-17-29(16-18-7-3-1-4-8-18)25(30)23(33-24)13-14-32-26(31)19-9-5-2-6-10-19/h1-12,15,23-24H,13-14,16-17H2. The second kappa shape index (κ2) is 10.4. The summed E-state index contributed by atoms with van der Waals surface area (Å²) in [5.74, 6) is -2.65. The van der Waals surface area contributed by atoms with Crippen LogP contribution in [0.5, 0.6) is 0 Å². The van der Waals surface area contributed by atoms with E-state index in [1.54, 1.807) is 35.2 Å². The lowest BCUT2D eigenvalue weighted by molar-refractivity contribution is -0.165. The third-order valence-corrected chi connectivity index (χ3v) is 5.46. The number of amides is 1. The average molecular weight is 451 g/mol. The minimum atomic E-state index is -0.976. The lowest BCUT2D eigenvalue weighted by Gasteiger charge is -2.38. The molecule has 7 heteroatoms. The Balaban J connectivity index is 1.48. The van der Waals surface area contributed by atoms with Crippen molar-refractivity contribution in [3.63, 3.8) is 0 Å². The first-order chi connectivity index (χ1) is 16.0. The number of carbonyl (C=O) groups is 2. The summed E-state index contributed by atoms with van der Waals surface area (Å²) in [6.07, 6.45) is -1.39. The summed E-state index contributed by atoms with van der Waals surface area (Å²) in [6.45, 7) is 0.524. The maximum Gasteiger partial charge on any atom is 0.338 e. The van der Waals surface area contributed by atoms with Crippen LogP contribution in [-0.2, 0) is 20.8 Å². The molecule has 1 amide bonds. The minimum Gasteiger partial charge on any atom is -0.462 e. The highest BCUT2D eigenvalue weighted by Gasteiger charge is 2.36. The highest BCUT2D eigenvalue weighted by atomic mass is 19.2. The first-order valence-electron chi connectivity index (χ1n) is 10.7. The zero-order chi connectivity index (χ0) is 23.2. The van der Waals surface area contributed by atoms with E-state index < -0.39 is 29.8 Å². The lowest BCUT2D eigenvalue weighted by Crippen LogP contribution is -2.48. The summed E-state index contributed by atoms with van der Waals surface area (Å²) in [4.78, 5) is 26.9. The third-order valence-electron chi connectivity index (χ3n) is 5.46. The molecule has 0 aromatic heterocycles. The normalized spacial score (nSPS) is 18.2. The van der Waals surface area contributed by atoms with Crippen LogP contribution in [0, 0.1) is 11.6 Å². The van der Waals surface area contributed by atoms with Gasteiger partial charge in [-0.15, -0.1) is 0 Å². The molecule has 0 aliphatic carbocycles. The summed E-state index contributed by atoms with van der Waals surface area (Å²) in [6, 6.07) is 21.6. The molecular weight excluding hydrogens is 428 g/mol. The van der Waals surface area contributed by atoms with Crippen molar-refractivity contribution in [2.45, 2.75) is 25.2 Å². The molecule has 2 unspecified atom stereocenters. The largest absolute Gasteiger partial charge is 0.462 e. The Kier molecular flexibility index (Phi) is 7.10. The average Bonchev–Trinajstić information content (AvgIpc) is 2.84. The van der Waals surface area contributed by atoms with Crippen molar-refractivity contribution in [3.05, 3.63) is 107 Å². The second-order valence-corrected chi connectivity index (χ2v) is 7.78. The van der Waals surface area contributed by atoms with Gasteiger partial charge in [-0.05, 0) is 35.4 Å². The Morgan fingerprint density at radius 1 is 0.970 bits per heavy atom. The van der Waals surface area contributed by atoms with Gasteiger partial charge in [-0.3, -0.25) is 4.79 Å². The molecule has 1 aliphatic heterocycles. The number of nitrogens with zero attached hydrogens (tertiary/aromatic N) is 1. The van der Waals surface area contributed by atoms with Crippen LogP contribution >= 0.6 is 0 Å². The van der Waals surface area contributed by atoms with Crippen molar-refractivity contribution in [1.82, 2.24) is 4.90 Å². The SMILES string of the molecule is O=C(OCCC1OC(c2ccc(F)c(F)c2)CN(Cc2ccccc2)C1=O)c1ccccc1. The molecule has 2 atom stereocenters. The number of ether oxygens (including phenoxy) is 2. The lowest BCUT2D eigenvalue weighted by atomic mass is 10.0. The molecule has 1 heterocycles. The Morgan fingerprint density at radius 3 is 2.36 bits per heavy atom. The van der Waals surface area contributed by atoms with Gasteiger partial charge in [-0.1, -0.05) is 54.6 Å². The number of halogens is 2. The summed E-state index contributed by atoms with van der Waals surface area (Å²) in [5, 5.41) is 0. The van der Waals surface area contributed by atoms with Crippen LogP contribution in [0.25, 0.3) is 0 Å². The molecule has 0 spiro atoms. The molecule has 1 aliphatic rings. The van der Waals surface area contributed by atoms with Crippen LogP contribution in [0.1, 0.15) is 34.0 Å². The van der Waals surface area contributed by atoms with Crippen molar-refractivity contribution < 1.29 is 27.8 Å². The second-order valence-electron chi connectivity index (χ2n) is 7.78. The van der Waals surface area contributed by atoms with Crippen molar-refractivity contribution in [3.8, 4) is 0 Å². The number of hydrogen-bond donors (Lipinski definition) is 0. The van der Waals surface area contributed by atoms with Crippen LogP contribution in [0.15, 0.2) is 78.9 Å². The Hall–Kier alpha value is -3.58. The van der Waals surface area contributed by atoms with E-state index in [4.69, 9.17) is 9.47 Å². The monoisotopic (exact) mass is 451 g/mol. The van der Waals surface area contributed by atoms with Crippen LogP contribution < -0.4 is 0 Å². The van der Waals surface area contributed by atoms with Crippen LogP contribution in [0.2, 0.25) is 0 Å². The molecule has 33 heavy (non-hydrogen) atoms. The van der Waals surface area contributed by atoms with Crippen molar-refractivity contribution in [1.29, 1.82) is 0 Å². The molecule has 170 valence electrons. The van der Waals surface area contributed by atoms with Crippen molar-refractivity contribution >= 4 is 11.9 Å². The topological polar surface area (TPSA) is 55.8 Å². The third kappa shape index (κ3) is 5.62. The molecular formula is C26H23F2NO4. The fourth-order valence-electron chi connectivity index (χ4n) is 3.74. The molecule has 3 aromatic rings. The summed E-state index contributed by atoms with van der Waals surface area (Å²) in [7, 11) is 0. The molecule has 1 saturated heterocycles. The van der Waals surface area contributed by atoms with Crippen molar-refractivity contribution in [2.75, 3.05) is 13.2 Å². The number of benzene rings is 3. The highest BCUT2D eigenvalue weighted by molar-refractivity contribution is 5.89. The summed E-state index contributed by atoms with van der Waals surface area (Å²) in [5.41, 5.74) is 1.79. The molecule has 1 fully saturated rings. The molecule has 3 aromatic carbocycles. The minimum absolute atomic E-state index is 0.0200. The van der Waals surface area contributed by atoms with E-state index in [0.29, 0.717) is 17.7 Å². The molecule has 0 bridgehead atoms. The van der Waals surface area contributed by atoms with Crippen LogP contribution in [-0.4, -0.2) is 36.0 Å². The maximum atomic E-state index is 13.8. The Morgan fingerprint density at radius 2 is 1.67 bits per heavy atom. The predicted molar refractivity (Wildman–Crippen MR) is 117 cm³/mol. The number of morpholine rings is 1. The predicted octanol–water partition coefficient (Wildman–Crippen LogP) is 4.68. The van der Waals surface area contributed by atoms with Gasteiger partial charge in [-0.25, -0.2) is 13.6 Å². The fourth-order valence-corrected chi connectivity index (χ4v) is 3.74. The van der Waals surface area contributed by atoms with Gasteiger partial charge in [-0.2, -0.15) is 0 Å². The molecule has 5 nitrogen and oxygen atoms in total. The quantitative estimate of drug-likeness (QED) is 0.490. The van der Waals surface area contributed by atoms with Gasteiger partial charge in [0.1, 0.15) is 12.2 Å². The number of esters is 1. The fraction of sp³-hybridized carbons (Fsp3) is 0.231. The number of hydrogen-bond acceptors (Lipinski definition) is 4. The van der Waals surface area contributed by atoms with Gasteiger partial charge in [0.25, 0.3) is 5.91 Å². The molecule has 0 radical (unpaired) electrons. The van der Waals surface area contributed by atoms with E-state index in [0.717, 1.165) is 17.7 Å². The van der Waals surface area contributed by atoms with E-state index in [1.165, 1.54) is 6.07 Å². The van der Waals surface area contributed by atoms with Gasteiger partial charge in [0.05, 0.1) is 18.7 Å². The number of rotatable bonds is 7. The number of carbonyl (C=O) groups excluding carboxylic acids is 2. The zero-order valence-electron chi connectivity index (χ0n) is 17.8. The van der Waals surface area contributed by atoms with Gasteiger partial charge < -0.3 is 14.4 Å². The summed E-state index contributed by atoms with van der Waals surface area (Å²) >= 11 is 0. The summed E-state index contributed by atoms with van der Waals surface area (Å²) < 4.78 is 38.5. The smallest absolute Gasteiger partial charge is 0.338 e. The van der Waals surface area contributed by atoms with E-state index in [1.807, 2.05) is 30.3 Å². The first-order valence-corrected chi connectivity index (χ1v) is 10.7.